The molecule has 0 fully saturated rings. The number of ether oxygens (including phenoxy) is 2. The van der Waals surface area contributed by atoms with Gasteiger partial charge in [0, 0.05) is 6.66 Å². The lowest BCUT2D eigenvalue weighted by atomic mass is 10.1. The molecule has 0 aromatic heterocycles. The molecule has 0 saturated carbocycles. The number of benzene rings is 1. The van der Waals surface area contributed by atoms with Crippen molar-refractivity contribution in [1.29, 1.82) is 0 Å². The summed E-state index contributed by atoms with van der Waals surface area (Å²) in [6.07, 6.45) is -1.67. The van der Waals surface area contributed by atoms with Gasteiger partial charge in [0.1, 0.15) is 12.4 Å². The van der Waals surface area contributed by atoms with Crippen molar-refractivity contribution in [2.24, 2.45) is 11.8 Å². The van der Waals surface area contributed by atoms with Crippen LogP contribution in [0.15, 0.2) is 30.3 Å². The largest absolute Gasteiger partial charge is 0.467 e. The molecule has 0 radical (unpaired) electrons. The van der Waals surface area contributed by atoms with Gasteiger partial charge in [0.2, 0.25) is 7.37 Å². The first kappa shape index (κ1) is 23.2. The Morgan fingerprint density at radius 1 is 1.07 bits per heavy atom. The Hall–Kier alpha value is -1.85. The van der Waals surface area contributed by atoms with E-state index < -0.39 is 31.3 Å². The lowest BCUT2D eigenvalue weighted by molar-refractivity contribution is -0.150. The highest BCUT2D eigenvalue weighted by Gasteiger charge is 2.39. The second kappa shape index (κ2) is 10.5. The number of nitrogens with one attached hydrogen (secondary N) is 1. The van der Waals surface area contributed by atoms with E-state index in [9.17, 15) is 14.2 Å². The molecule has 0 bridgehead atoms. The monoisotopic (exact) mass is 399 g/mol. The van der Waals surface area contributed by atoms with Crippen LogP contribution in [0.3, 0.4) is 0 Å². The average Bonchev–Trinajstić information content (AvgIpc) is 2.62. The number of methoxy groups -OCH3 is 1. The molecule has 3 atom stereocenters. The van der Waals surface area contributed by atoms with E-state index in [0.717, 1.165) is 5.56 Å². The van der Waals surface area contributed by atoms with Crippen LogP contribution in [0, 0.1) is 11.8 Å². The van der Waals surface area contributed by atoms with Gasteiger partial charge in [0.15, 0.2) is 6.10 Å². The molecule has 152 valence electrons. The van der Waals surface area contributed by atoms with Crippen molar-refractivity contribution >= 4 is 19.4 Å². The van der Waals surface area contributed by atoms with Crippen molar-refractivity contribution in [3.05, 3.63) is 35.9 Å². The zero-order valence-corrected chi connectivity index (χ0v) is 17.7. The maximum absolute atomic E-state index is 13.2. The maximum Gasteiger partial charge on any atom is 0.408 e. The molecule has 8 heteroatoms. The van der Waals surface area contributed by atoms with Gasteiger partial charge in [-0.15, -0.1) is 0 Å². The van der Waals surface area contributed by atoms with Crippen molar-refractivity contribution in [3.8, 4) is 0 Å². The van der Waals surface area contributed by atoms with Gasteiger partial charge in [-0.2, -0.15) is 0 Å². The summed E-state index contributed by atoms with van der Waals surface area (Å²) in [4.78, 5) is 24.1. The molecule has 3 unspecified atom stereocenters. The summed E-state index contributed by atoms with van der Waals surface area (Å²) in [5, 5.41) is 2.63. The minimum absolute atomic E-state index is 0.100. The molecule has 1 amide bonds. The van der Waals surface area contributed by atoms with E-state index in [-0.39, 0.29) is 18.4 Å². The summed E-state index contributed by atoms with van der Waals surface area (Å²) in [6, 6.07) is 9.24. The zero-order chi connectivity index (χ0) is 20.6. The Morgan fingerprint density at radius 3 is 2.15 bits per heavy atom. The number of hydrogen-bond acceptors (Lipinski definition) is 6. The standard InChI is InChI=1S/C19H30NO6P/c1-13(2)16(18(21)24-5)26-27(6,23)17(14(3)4)20-19(22)25-12-15-10-8-7-9-11-15/h7-11,13-14,16-17H,12H2,1-6H3,(H,20,22). The van der Waals surface area contributed by atoms with Crippen molar-refractivity contribution in [2.45, 2.75) is 46.2 Å². The molecule has 1 N–H and O–H groups in total. The van der Waals surface area contributed by atoms with Gasteiger partial charge in [-0.25, -0.2) is 9.59 Å². The summed E-state index contributed by atoms with van der Waals surface area (Å²) in [5.41, 5.74) is 0.843. The van der Waals surface area contributed by atoms with E-state index in [4.69, 9.17) is 14.0 Å². The normalized spacial score (nSPS) is 15.7. The summed E-state index contributed by atoms with van der Waals surface area (Å²) < 4.78 is 28.8. The second-order valence-electron chi connectivity index (χ2n) is 7.10. The molecule has 1 rings (SSSR count). The predicted molar refractivity (Wildman–Crippen MR) is 104 cm³/mol. The van der Waals surface area contributed by atoms with E-state index in [1.54, 1.807) is 13.8 Å². The smallest absolute Gasteiger partial charge is 0.408 e. The highest BCUT2D eigenvalue weighted by Crippen LogP contribution is 2.51. The lowest BCUT2D eigenvalue weighted by Crippen LogP contribution is -2.41. The van der Waals surface area contributed by atoms with Crippen LogP contribution < -0.4 is 5.32 Å². The molecule has 0 aliphatic rings. The molecule has 0 saturated heterocycles. The summed E-state index contributed by atoms with van der Waals surface area (Å²) in [7, 11) is -2.15. The van der Waals surface area contributed by atoms with Gasteiger partial charge >= 0.3 is 12.1 Å². The molecule has 0 aliphatic carbocycles. The number of carbonyl (C=O) groups excluding carboxylic acids is 2. The summed E-state index contributed by atoms with van der Waals surface area (Å²) in [5.74, 6) is -1.83. The van der Waals surface area contributed by atoms with Crippen LogP contribution in [0.25, 0.3) is 0 Å². The SMILES string of the molecule is COC(=O)C(OP(C)(=O)C(NC(=O)OCc1ccccc1)C(C)C)C(C)C. The van der Waals surface area contributed by atoms with Crippen LogP contribution in [0.4, 0.5) is 4.79 Å². The van der Waals surface area contributed by atoms with Crippen molar-refractivity contribution in [2.75, 3.05) is 13.8 Å². The minimum atomic E-state index is -3.40. The maximum atomic E-state index is 13.2. The third-order valence-electron chi connectivity index (χ3n) is 3.98. The Morgan fingerprint density at radius 2 is 1.67 bits per heavy atom. The molecule has 0 spiro atoms. The first-order valence-corrected chi connectivity index (χ1v) is 11.0. The predicted octanol–water partition coefficient (Wildman–Crippen LogP) is 4.02. The Bertz CT molecular complexity index is 661. The number of rotatable bonds is 9. The highest BCUT2D eigenvalue weighted by molar-refractivity contribution is 7.59. The Labute approximate surface area is 161 Å². The Kier molecular flexibility index (Phi) is 9.00. The summed E-state index contributed by atoms with van der Waals surface area (Å²) in [6.45, 7) is 8.67. The van der Waals surface area contributed by atoms with Crippen LogP contribution in [0.1, 0.15) is 33.3 Å². The average molecular weight is 399 g/mol. The van der Waals surface area contributed by atoms with E-state index in [2.05, 4.69) is 5.32 Å². The number of carbonyl (C=O) groups is 2. The quantitative estimate of drug-likeness (QED) is 0.498. The van der Waals surface area contributed by atoms with Crippen molar-refractivity contribution in [1.82, 2.24) is 5.32 Å². The molecule has 27 heavy (non-hydrogen) atoms. The van der Waals surface area contributed by atoms with Gasteiger partial charge in [0.25, 0.3) is 0 Å². The van der Waals surface area contributed by atoms with Gasteiger partial charge in [-0.3, -0.25) is 4.57 Å². The number of amides is 1. The molecule has 7 nitrogen and oxygen atoms in total. The third kappa shape index (κ3) is 7.35. The zero-order valence-electron chi connectivity index (χ0n) is 16.8. The van der Waals surface area contributed by atoms with Crippen molar-refractivity contribution in [3.63, 3.8) is 0 Å². The van der Waals surface area contributed by atoms with E-state index in [1.165, 1.54) is 13.8 Å². The van der Waals surface area contributed by atoms with Crippen LogP contribution in [0.5, 0.6) is 0 Å². The molecular formula is C19H30NO6P. The molecule has 1 aromatic rings. The molecule has 0 heterocycles. The van der Waals surface area contributed by atoms with Gasteiger partial charge in [-0.05, 0) is 17.4 Å². The fourth-order valence-electron chi connectivity index (χ4n) is 2.56. The first-order chi connectivity index (χ1) is 12.6. The highest BCUT2D eigenvalue weighted by atomic mass is 31.2. The van der Waals surface area contributed by atoms with Crippen LogP contribution in [0.2, 0.25) is 0 Å². The van der Waals surface area contributed by atoms with Crippen LogP contribution >= 0.6 is 7.37 Å². The number of alkyl carbamates (subject to hydrolysis) is 1. The Balaban J connectivity index is 2.81. The van der Waals surface area contributed by atoms with E-state index in [0.29, 0.717) is 0 Å². The minimum Gasteiger partial charge on any atom is -0.467 e. The van der Waals surface area contributed by atoms with Gasteiger partial charge < -0.3 is 19.3 Å². The van der Waals surface area contributed by atoms with E-state index in [1.807, 2.05) is 44.2 Å². The van der Waals surface area contributed by atoms with Gasteiger partial charge in [0.05, 0.1) is 7.11 Å². The van der Waals surface area contributed by atoms with Crippen molar-refractivity contribution < 1.29 is 28.2 Å². The molecular weight excluding hydrogens is 369 g/mol. The first-order valence-electron chi connectivity index (χ1n) is 8.89. The third-order valence-corrected chi connectivity index (χ3v) is 6.36. The fraction of sp³-hybridized carbons (Fsp3) is 0.579. The summed E-state index contributed by atoms with van der Waals surface area (Å²) >= 11 is 0. The second-order valence-corrected chi connectivity index (χ2v) is 9.68. The molecule has 0 aliphatic heterocycles. The number of esters is 1. The topological polar surface area (TPSA) is 90.9 Å². The fourth-order valence-corrected chi connectivity index (χ4v) is 4.89. The lowest BCUT2D eigenvalue weighted by Gasteiger charge is -2.31. The number of hydrogen-bond donors (Lipinski definition) is 1. The van der Waals surface area contributed by atoms with Crippen LogP contribution in [-0.4, -0.2) is 37.7 Å². The molecule has 1 aromatic carbocycles. The van der Waals surface area contributed by atoms with Crippen LogP contribution in [-0.2, 0) is 30.0 Å². The van der Waals surface area contributed by atoms with Gasteiger partial charge in [-0.1, -0.05) is 58.0 Å². The van der Waals surface area contributed by atoms with E-state index >= 15 is 0 Å².